The first-order valence-corrected chi connectivity index (χ1v) is 8.34. The van der Waals surface area contributed by atoms with Gasteiger partial charge in [-0.2, -0.15) is 0 Å². The van der Waals surface area contributed by atoms with Crippen molar-refractivity contribution in [1.29, 1.82) is 0 Å². The third-order valence-corrected chi connectivity index (χ3v) is 5.00. The Bertz CT molecular complexity index is 601. The average Bonchev–Trinajstić information content (AvgIpc) is 2.37. The summed E-state index contributed by atoms with van der Waals surface area (Å²) in [6, 6.07) is 1.93. The highest BCUT2D eigenvalue weighted by Crippen LogP contribution is 2.23. The molecule has 0 heterocycles. The molecule has 0 fully saturated rings. The molecule has 0 aromatic heterocycles. The first-order valence-electron chi connectivity index (χ1n) is 6.86. The quantitative estimate of drug-likeness (QED) is 0.812. The number of nitrogens with one attached hydrogen (secondary N) is 2. The lowest BCUT2D eigenvalue weighted by atomic mass is 10.0. The van der Waals surface area contributed by atoms with Gasteiger partial charge in [0.15, 0.2) is 5.82 Å². The second kappa shape index (κ2) is 6.81. The second-order valence-electron chi connectivity index (χ2n) is 5.46. The van der Waals surface area contributed by atoms with Gasteiger partial charge in [-0.3, -0.25) is 0 Å². The van der Waals surface area contributed by atoms with E-state index in [9.17, 15) is 17.2 Å². The summed E-state index contributed by atoms with van der Waals surface area (Å²) in [6.45, 7) is 7.48. The van der Waals surface area contributed by atoms with E-state index in [4.69, 9.17) is 0 Å². The Morgan fingerprint density at radius 1 is 1.19 bits per heavy atom. The maximum atomic E-state index is 14.3. The molecule has 1 rings (SSSR count). The van der Waals surface area contributed by atoms with Crippen LogP contribution in [0.3, 0.4) is 0 Å². The average molecular weight is 320 g/mol. The molecular weight excluding hydrogens is 298 g/mol. The minimum atomic E-state index is -4.04. The molecule has 0 aliphatic rings. The third kappa shape index (κ3) is 4.46. The topological polar surface area (TPSA) is 58.2 Å². The molecule has 0 aliphatic heterocycles. The Morgan fingerprint density at radius 3 is 2.33 bits per heavy atom. The van der Waals surface area contributed by atoms with Crippen LogP contribution in [-0.2, 0) is 16.6 Å². The van der Waals surface area contributed by atoms with Gasteiger partial charge in [0.2, 0.25) is 10.0 Å². The van der Waals surface area contributed by atoms with Crippen molar-refractivity contribution in [2.45, 2.75) is 51.1 Å². The number of sulfonamides is 1. The van der Waals surface area contributed by atoms with Crippen LogP contribution in [-0.4, -0.2) is 20.5 Å². The lowest BCUT2D eigenvalue weighted by molar-refractivity contribution is 0.436. The first kappa shape index (κ1) is 18.0. The molecule has 21 heavy (non-hydrogen) atoms. The van der Waals surface area contributed by atoms with E-state index in [-0.39, 0.29) is 12.1 Å². The van der Waals surface area contributed by atoms with Crippen LogP contribution in [0.4, 0.5) is 8.78 Å². The summed E-state index contributed by atoms with van der Waals surface area (Å²) in [7, 11) is -4.04. The van der Waals surface area contributed by atoms with Crippen molar-refractivity contribution in [3.8, 4) is 0 Å². The molecule has 4 nitrogen and oxygen atoms in total. The van der Waals surface area contributed by atoms with Crippen LogP contribution in [0.15, 0.2) is 17.0 Å². The van der Waals surface area contributed by atoms with Crippen molar-refractivity contribution in [2.75, 3.05) is 6.54 Å². The van der Waals surface area contributed by atoms with E-state index in [1.807, 2.05) is 6.92 Å². The summed E-state index contributed by atoms with van der Waals surface area (Å²) in [5.41, 5.74) is -0.976. The fraction of sp³-hybridized carbons (Fsp3) is 0.571. The maximum absolute atomic E-state index is 14.3. The molecule has 0 aliphatic carbocycles. The van der Waals surface area contributed by atoms with Gasteiger partial charge in [0.25, 0.3) is 0 Å². The highest BCUT2D eigenvalue weighted by Gasteiger charge is 2.28. The lowest BCUT2D eigenvalue weighted by Crippen LogP contribution is -2.43. The van der Waals surface area contributed by atoms with Gasteiger partial charge in [-0.15, -0.1) is 0 Å². The molecule has 1 aromatic carbocycles. The number of hydrogen-bond donors (Lipinski definition) is 2. The molecule has 0 bridgehead atoms. The van der Waals surface area contributed by atoms with Gasteiger partial charge < -0.3 is 5.32 Å². The summed E-state index contributed by atoms with van der Waals surface area (Å²) in [5, 5.41) is 2.79. The molecule has 0 unspecified atom stereocenters. The predicted octanol–water partition coefficient (Wildman–Crippen LogP) is 2.54. The van der Waals surface area contributed by atoms with E-state index in [1.165, 1.54) is 0 Å². The third-order valence-electron chi connectivity index (χ3n) is 3.29. The van der Waals surface area contributed by atoms with Gasteiger partial charge in [-0.25, -0.2) is 21.9 Å². The molecule has 7 heteroatoms. The van der Waals surface area contributed by atoms with Gasteiger partial charge in [0.05, 0.1) is 0 Å². The van der Waals surface area contributed by atoms with Crippen LogP contribution >= 0.6 is 0 Å². The molecule has 1 aromatic rings. The van der Waals surface area contributed by atoms with E-state index in [1.54, 1.807) is 20.8 Å². The van der Waals surface area contributed by atoms with E-state index in [0.29, 0.717) is 13.0 Å². The molecule has 0 saturated carbocycles. The van der Waals surface area contributed by atoms with Crippen LogP contribution < -0.4 is 10.0 Å². The summed E-state index contributed by atoms with van der Waals surface area (Å²) in [4.78, 5) is -0.529. The fourth-order valence-corrected chi connectivity index (χ4v) is 3.27. The van der Waals surface area contributed by atoms with Crippen LogP contribution in [0.5, 0.6) is 0 Å². The first-order chi connectivity index (χ1) is 9.64. The standard InChI is InChI=1S/C14H22F2N2O2S/c1-5-14(3,4)18-21(19,20)12-8-7-11(15)10(13(12)16)9-17-6-2/h7-8,17-18H,5-6,9H2,1-4H3. The van der Waals surface area contributed by atoms with Crippen LogP contribution in [0.1, 0.15) is 39.7 Å². The van der Waals surface area contributed by atoms with Crippen molar-refractivity contribution in [3.05, 3.63) is 29.3 Å². The molecule has 0 spiro atoms. The zero-order chi connectivity index (χ0) is 16.3. The Hall–Kier alpha value is -1.05. The SMILES string of the molecule is CCNCc1c(F)ccc(S(=O)(=O)NC(C)(C)CC)c1F. The molecular formula is C14H22F2N2O2S. The van der Waals surface area contributed by atoms with E-state index >= 15 is 0 Å². The smallest absolute Gasteiger partial charge is 0.243 e. The number of rotatable bonds is 7. The summed E-state index contributed by atoms with van der Waals surface area (Å²) in [5.74, 6) is -1.81. The van der Waals surface area contributed by atoms with E-state index in [0.717, 1.165) is 12.1 Å². The van der Waals surface area contributed by atoms with E-state index < -0.39 is 32.1 Å². The molecule has 2 N–H and O–H groups in total. The summed E-state index contributed by atoms with van der Waals surface area (Å²) in [6.07, 6.45) is 0.541. The Kier molecular flexibility index (Phi) is 5.83. The predicted molar refractivity (Wildman–Crippen MR) is 78.4 cm³/mol. The molecule has 120 valence electrons. The van der Waals surface area contributed by atoms with Crippen molar-refractivity contribution in [1.82, 2.24) is 10.0 Å². The molecule has 0 saturated heterocycles. The van der Waals surface area contributed by atoms with Crippen LogP contribution in [0.2, 0.25) is 0 Å². The maximum Gasteiger partial charge on any atom is 0.243 e. The highest BCUT2D eigenvalue weighted by atomic mass is 32.2. The number of benzene rings is 1. The van der Waals surface area contributed by atoms with Crippen LogP contribution in [0, 0.1) is 11.6 Å². The zero-order valence-corrected chi connectivity index (χ0v) is 13.6. The minimum Gasteiger partial charge on any atom is -0.313 e. The zero-order valence-electron chi connectivity index (χ0n) is 12.8. The van der Waals surface area contributed by atoms with Gasteiger partial charge in [-0.05, 0) is 38.9 Å². The van der Waals surface area contributed by atoms with Crippen molar-refractivity contribution >= 4 is 10.0 Å². The van der Waals surface area contributed by atoms with E-state index in [2.05, 4.69) is 10.0 Å². The van der Waals surface area contributed by atoms with Crippen molar-refractivity contribution < 1.29 is 17.2 Å². The summed E-state index contributed by atoms with van der Waals surface area (Å²) < 4.78 is 55.0. The summed E-state index contributed by atoms with van der Waals surface area (Å²) >= 11 is 0. The number of hydrogen-bond acceptors (Lipinski definition) is 3. The lowest BCUT2D eigenvalue weighted by Gasteiger charge is -2.24. The second-order valence-corrected chi connectivity index (χ2v) is 7.11. The minimum absolute atomic E-state index is 0.0608. The Balaban J connectivity index is 3.25. The van der Waals surface area contributed by atoms with Crippen molar-refractivity contribution in [2.24, 2.45) is 0 Å². The highest BCUT2D eigenvalue weighted by molar-refractivity contribution is 7.89. The fourth-order valence-electron chi connectivity index (χ4n) is 1.69. The van der Waals surface area contributed by atoms with Gasteiger partial charge >= 0.3 is 0 Å². The molecule has 0 radical (unpaired) electrons. The Labute approximate surface area is 125 Å². The van der Waals surface area contributed by atoms with Gasteiger partial charge in [-0.1, -0.05) is 13.8 Å². The van der Waals surface area contributed by atoms with Crippen LogP contribution in [0.25, 0.3) is 0 Å². The molecule has 0 atom stereocenters. The largest absolute Gasteiger partial charge is 0.313 e. The number of halogens is 2. The Morgan fingerprint density at radius 2 is 1.81 bits per heavy atom. The van der Waals surface area contributed by atoms with Gasteiger partial charge in [0.1, 0.15) is 10.7 Å². The molecule has 0 amide bonds. The normalized spacial score (nSPS) is 12.7. The monoisotopic (exact) mass is 320 g/mol. The van der Waals surface area contributed by atoms with Crippen molar-refractivity contribution in [3.63, 3.8) is 0 Å². The van der Waals surface area contributed by atoms with Gasteiger partial charge in [0, 0.05) is 17.6 Å².